The smallest absolute Gasteiger partial charge is 0.240 e. The molecule has 0 heterocycles. The predicted molar refractivity (Wildman–Crippen MR) is 72.1 cm³/mol. The van der Waals surface area contributed by atoms with E-state index < -0.39 is 11.3 Å². The van der Waals surface area contributed by atoms with Crippen LogP contribution in [0, 0.1) is 12.3 Å². The molecule has 0 bridgehead atoms. The average Bonchev–Trinajstić information content (AvgIpc) is 2.33. The first-order valence-corrected chi connectivity index (χ1v) is 5.80. The van der Waals surface area contributed by atoms with Gasteiger partial charge >= 0.3 is 0 Å². The summed E-state index contributed by atoms with van der Waals surface area (Å²) in [4.78, 5) is 37.2. The van der Waals surface area contributed by atoms with E-state index in [1.165, 1.54) is 13.0 Å². The lowest BCUT2D eigenvalue weighted by atomic mass is 9.88. The first-order chi connectivity index (χ1) is 8.78. The number of anilines is 1. The Bertz CT molecular complexity index is 570. The average molecular weight is 260 g/mol. The number of aryl methyl sites for hydroxylation is 1. The number of carbonyl (C=O) groups excluding carboxylic acids is 3. The second-order valence-electron chi connectivity index (χ2n) is 4.84. The fraction of sp³-hybridized carbons (Fsp3) is 0.357. The Kier molecular flexibility index (Phi) is 4.35. The highest BCUT2D eigenvalue weighted by Crippen LogP contribution is 2.25. The summed E-state index contributed by atoms with van der Waals surface area (Å²) in [6.07, 6.45) is 1.46. The van der Waals surface area contributed by atoms with Crippen molar-refractivity contribution in [1.29, 1.82) is 0 Å². The Hall–Kier alpha value is -2.26. The van der Waals surface area contributed by atoms with Crippen molar-refractivity contribution in [2.75, 3.05) is 5.32 Å². The highest BCUT2D eigenvalue weighted by molar-refractivity contribution is 6.09. The summed E-state index contributed by atoms with van der Waals surface area (Å²) >= 11 is 0. The molecule has 0 aliphatic rings. The van der Waals surface area contributed by atoms with Gasteiger partial charge in [-0.05, 0) is 45.4 Å². The monoisotopic (exact) mass is 260 g/mol. The van der Waals surface area contributed by atoms with Crippen LogP contribution in [0.3, 0.4) is 0 Å². The standard InChI is InChI=1S/C14H16N2O3/c1-9-5-6-11(7-12(9)15-8-17)16-13(19)14(3,4)10(2)18/h5-7H,1-4H3,(H,16,19). The summed E-state index contributed by atoms with van der Waals surface area (Å²) in [6, 6.07) is 4.98. The molecule has 1 rings (SSSR count). The molecule has 0 unspecified atom stereocenters. The van der Waals surface area contributed by atoms with Crippen LogP contribution in [0.15, 0.2) is 23.2 Å². The maximum atomic E-state index is 12.0. The summed E-state index contributed by atoms with van der Waals surface area (Å²) in [6.45, 7) is 6.28. The van der Waals surface area contributed by atoms with Crippen molar-refractivity contribution in [3.63, 3.8) is 0 Å². The number of nitrogens with zero attached hydrogens (tertiary/aromatic N) is 1. The summed E-state index contributed by atoms with van der Waals surface area (Å²) in [5.74, 6) is -0.617. The molecular formula is C14H16N2O3. The Morgan fingerprint density at radius 2 is 1.95 bits per heavy atom. The molecule has 0 aliphatic carbocycles. The van der Waals surface area contributed by atoms with Gasteiger partial charge in [-0.25, -0.2) is 4.79 Å². The molecule has 5 heteroatoms. The van der Waals surface area contributed by atoms with Crippen molar-refractivity contribution >= 4 is 29.1 Å². The van der Waals surface area contributed by atoms with E-state index in [4.69, 9.17) is 0 Å². The van der Waals surface area contributed by atoms with Crippen LogP contribution in [-0.2, 0) is 14.4 Å². The number of isocyanates is 1. The molecule has 0 radical (unpaired) electrons. The lowest BCUT2D eigenvalue weighted by Crippen LogP contribution is -2.36. The topological polar surface area (TPSA) is 75.6 Å². The quantitative estimate of drug-likeness (QED) is 0.513. The first kappa shape index (κ1) is 14.8. The minimum Gasteiger partial charge on any atom is -0.325 e. The zero-order valence-corrected chi connectivity index (χ0v) is 11.4. The number of hydrogen-bond acceptors (Lipinski definition) is 4. The number of benzene rings is 1. The molecule has 1 aromatic rings. The molecule has 0 saturated heterocycles. The van der Waals surface area contributed by atoms with Crippen molar-refractivity contribution < 1.29 is 14.4 Å². The van der Waals surface area contributed by atoms with Crippen LogP contribution in [-0.4, -0.2) is 17.8 Å². The molecule has 0 atom stereocenters. The van der Waals surface area contributed by atoms with Gasteiger partial charge in [-0.2, -0.15) is 4.99 Å². The Morgan fingerprint density at radius 1 is 1.32 bits per heavy atom. The molecule has 100 valence electrons. The fourth-order valence-corrected chi connectivity index (χ4v) is 1.30. The minimum absolute atomic E-state index is 0.219. The van der Waals surface area contributed by atoms with E-state index in [0.29, 0.717) is 11.4 Å². The largest absolute Gasteiger partial charge is 0.325 e. The van der Waals surface area contributed by atoms with Crippen molar-refractivity contribution in [2.45, 2.75) is 27.7 Å². The van der Waals surface area contributed by atoms with E-state index in [0.717, 1.165) is 5.56 Å². The van der Waals surface area contributed by atoms with Gasteiger partial charge in [0.25, 0.3) is 0 Å². The van der Waals surface area contributed by atoms with Crippen molar-refractivity contribution in [1.82, 2.24) is 0 Å². The highest BCUT2D eigenvalue weighted by atomic mass is 16.2. The number of amides is 1. The third-order valence-electron chi connectivity index (χ3n) is 3.08. The summed E-state index contributed by atoms with van der Waals surface area (Å²) in [7, 11) is 0. The van der Waals surface area contributed by atoms with E-state index in [9.17, 15) is 14.4 Å². The lowest BCUT2D eigenvalue weighted by Gasteiger charge is -2.20. The number of ketones is 1. The first-order valence-electron chi connectivity index (χ1n) is 5.80. The van der Waals surface area contributed by atoms with Crippen LogP contribution in [0.25, 0.3) is 0 Å². The molecular weight excluding hydrogens is 244 g/mol. The van der Waals surface area contributed by atoms with E-state index >= 15 is 0 Å². The van der Waals surface area contributed by atoms with Gasteiger partial charge < -0.3 is 5.32 Å². The van der Waals surface area contributed by atoms with Crippen LogP contribution in [0.1, 0.15) is 26.3 Å². The molecule has 19 heavy (non-hydrogen) atoms. The third-order valence-corrected chi connectivity index (χ3v) is 3.08. The van der Waals surface area contributed by atoms with Crippen molar-refractivity contribution in [2.24, 2.45) is 10.4 Å². The number of nitrogens with one attached hydrogen (secondary N) is 1. The van der Waals surface area contributed by atoms with E-state index in [-0.39, 0.29) is 5.78 Å². The number of Topliss-reactive ketones (excluding diaryl/α,β-unsaturated/α-hetero) is 1. The molecule has 0 spiro atoms. The molecule has 1 N–H and O–H groups in total. The van der Waals surface area contributed by atoms with E-state index in [1.807, 2.05) is 0 Å². The van der Waals surface area contributed by atoms with Crippen LogP contribution in [0.5, 0.6) is 0 Å². The zero-order valence-electron chi connectivity index (χ0n) is 11.4. The molecule has 1 amide bonds. The van der Waals surface area contributed by atoms with Gasteiger partial charge in [0, 0.05) is 5.69 Å². The van der Waals surface area contributed by atoms with Crippen molar-refractivity contribution in [3.05, 3.63) is 23.8 Å². The number of hydrogen-bond donors (Lipinski definition) is 1. The van der Waals surface area contributed by atoms with E-state index in [1.54, 1.807) is 39.0 Å². The van der Waals surface area contributed by atoms with Gasteiger partial charge in [-0.1, -0.05) is 6.07 Å². The highest BCUT2D eigenvalue weighted by Gasteiger charge is 2.32. The predicted octanol–water partition coefficient (Wildman–Crippen LogP) is 2.52. The van der Waals surface area contributed by atoms with Crippen LogP contribution in [0.4, 0.5) is 11.4 Å². The third kappa shape index (κ3) is 3.36. The molecule has 5 nitrogen and oxygen atoms in total. The fourth-order valence-electron chi connectivity index (χ4n) is 1.30. The number of carbonyl (C=O) groups is 2. The Morgan fingerprint density at radius 3 is 2.47 bits per heavy atom. The maximum Gasteiger partial charge on any atom is 0.240 e. The van der Waals surface area contributed by atoms with Gasteiger partial charge in [0.05, 0.1) is 5.69 Å². The normalized spacial score (nSPS) is 10.5. The lowest BCUT2D eigenvalue weighted by molar-refractivity contribution is -0.135. The van der Waals surface area contributed by atoms with Gasteiger partial charge in [-0.15, -0.1) is 0 Å². The van der Waals surface area contributed by atoms with Gasteiger partial charge in [0.2, 0.25) is 12.0 Å². The SMILES string of the molecule is CC(=O)C(C)(C)C(=O)Nc1ccc(C)c(N=C=O)c1. The summed E-state index contributed by atoms with van der Waals surface area (Å²) < 4.78 is 0. The summed E-state index contributed by atoms with van der Waals surface area (Å²) in [5.41, 5.74) is 0.624. The second kappa shape index (κ2) is 5.59. The Labute approximate surface area is 111 Å². The van der Waals surface area contributed by atoms with Gasteiger partial charge in [0.15, 0.2) is 0 Å². The van der Waals surface area contributed by atoms with E-state index in [2.05, 4.69) is 10.3 Å². The molecule has 0 fully saturated rings. The maximum absolute atomic E-state index is 12.0. The van der Waals surface area contributed by atoms with Crippen LogP contribution in [0.2, 0.25) is 0 Å². The number of aliphatic imine (C=N–C) groups is 1. The molecule has 0 saturated carbocycles. The van der Waals surface area contributed by atoms with Crippen molar-refractivity contribution in [3.8, 4) is 0 Å². The molecule has 1 aromatic carbocycles. The number of rotatable bonds is 4. The summed E-state index contributed by atoms with van der Waals surface area (Å²) in [5, 5.41) is 2.64. The van der Waals surface area contributed by atoms with Gasteiger partial charge in [-0.3, -0.25) is 9.59 Å². The second-order valence-corrected chi connectivity index (χ2v) is 4.84. The van der Waals surface area contributed by atoms with Crippen LogP contribution >= 0.6 is 0 Å². The minimum atomic E-state index is -1.10. The Balaban J connectivity index is 3.01. The van der Waals surface area contributed by atoms with Crippen LogP contribution < -0.4 is 5.32 Å². The van der Waals surface area contributed by atoms with Gasteiger partial charge in [0.1, 0.15) is 11.2 Å². The molecule has 0 aromatic heterocycles. The molecule has 0 aliphatic heterocycles. The zero-order chi connectivity index (χ0) is 14.6.